The molecular formula is C19H21N5O2S. The predicted octanol–water partition coefficient (Wildman–Crippen LogP) is 2.24. The summed E-state index contributed by atoms with van der Waals surface area (Å²) in [4.78, 5) is 25.0. The first-order chi connectivity index (χ1) is 13.1. The lowest BCUT2D eigenvalue weighted by molar-refractivity contribution is -0.119. The standard InChI is InChI=1S/C19H21N5O2S/c1-3-10-23-17(26)14-6-4-5-7-15(14)24-18(23)21-22-19(24)27-11-16(25)20-12(2)13-8-9-13/h3-7,12-13H,1,8-11H2,2H3,(H,20,25). The number of carbonyl (C=O) groups excluding carboxylic acids is 1. The smallest absolute Gasteiger partial charge is 0.263 e. The number of amides is 1. The normalized spacial score (nSPS) is 15.1. The summed E-state index contributed by atoms with van der Waals surface area (Å²) in [6, 6.07) is 7.57. The molecule has 0 saturated heterocycles. The minimum Gasteiger partial charge on any atom is -0.353 e. The number of nitrogens with one attached hydrogen (secondary N) is 1. The van der Waals surface area contributed by atoms with Crippen LogP contribution >= 0.6 is 11.8 Å². The zero-order chi connectivity index (χ0) is 19.0. The molecule has 1 amide bonds. The first-order valence-corrected chi connectivity index (χ1v) is 9.98. The Bertz CT molecular complexity index is 1080. The second-order valence-electron chi connectivity index (χ2n) is 6.82. The van der Waals surface area contributed by atoms with Gasteiger partial charge in [0.15, 0.2) is 5.16 Å². The number of allylic oxidation sites excluding steroid dienone is 1. The highest BCUT2D eigenvalue weighted by Crippen LogP contribution is 2.32. The topological polar surface area (TPSA) is 81.3 Å². The van der Waals surface area contributed by atoms with Crippen LogP contribution in [0.2, 0.25) is 0 Å². The summed E-state index contributed by atoms with van der Waals surface area (Å²) in [7, 11) is 0. The third kappa shape index (κ3) is 3.37. The van der Waals surface area contributed by atoms with E-state index in [2.05, 4.69) is 22.1 Å². The lowest BCUT2D eigenvalue weighted by Gasteiger charge is -2.12. The van der Waals surface area contributed by atoms with Gasteiger partial charge in [-0.1, -0.05) is 30.0 Å². The Labute approximate surface area is 160 Å². The third-order valence-electron chi connectivity index (χ3n) is 4.84. The highest BCUT2D eigenvalue weighted by molar-refractivity contribution is 7.99. The minimum absolute atomic E-state index is 0.0140. The molecule has 140 valence electrons. The molecule has 4 rings (SSSR count). The molecule has 1 N–H and O–H groups in total. The van der Waals surface area contributed by atoms with Gasteiger partial charge in [-0.2, -0.15) is 0 Å². The molecular weight excluding hydrogens is 362 g/mol. The van der Waals surface area contributed by atoms with Crippen LogP contribution in [0.1, 0.15) is 19.8 Å². The maximum atomic E-state index is 12.8. The average molecular weight is 383 g/mol. The number of fused-ring (bicyclic) bond motifs is 3. The van der Waals surface area contributed by atoms with Gasteiger partial charge in [-0.05, 0) is 37.8 Å². The molecule has 2 aromatic heterocycles. The Hall–Kier alpha value is -2.61. The second-order valence-corrected chi connectivity index (χ2v) is 7.76. The van der Waals surface area contributed by atoms with Crippen molar-refractivity contribution in [1.82, 2.24) is 24.5 Å². The van der Waals surface area contributed by atoms with Crippen molar-refractivity contribution in [1.29, 1.82) is 0 Å². The fraction of sp³-hybridized carbons (Fsp3) is 0.368. The Morgan fingerprint density at radius 2 is 2.19 bits per heavy atom. The molecule has 2 heterocycles. The van der Waals surface area contributed by atoms with E-state index in [4.69, 9.17) is 0 Å². The quantitative estimate of drug-likeness (QED) is 0.500. The molecule has 7 nitrogen and oxygen atoms in total. The Kier molecular flexibility index (Phi) is 4.73. The van der Waals surface area contributed by atoms with Crippen molar-refractivity contribution in [2.45, 2.75) is 37.5 Å². The van der Waals surface area contributed by atoms with E-state index in [1.54, 1.807) is 16.7 Å². The molecule has 8 heteroatoms. The molecule has 1 unspecified atom stereocenters. The summed E-state index contributed by atoms with van der Waals surface area (Å²) in [6.07, 6.45) is 4.04. The predicted molar refractivity (Wildman–Crippen MR) is 106 cm³/mol. The largest absolute Gasteiger partial charge is 0.353 e. The third-order valence-corrected chi connectivity index (χ3v) is 5.77. The van der Waals surface area contributed by atoms with Crippen LogP contribution in [-0.4, -0.2) is 36.9 Å². The van der Waals surface area contributed by atoms with Crippen LogP contribution in [0.25, 0.3) is 16.7 Å². The monoisotopic (exact) mass is 383 g/mol. The van der Waals surface area contributed by atoms with Gasteiger partial charge in [0, 0.05) is 12.6 Å². The van der Waals surface area contributed by atoms with E-state index >= 15 is 0 Å². The van der Waals surface area contributed by atoms with Crippen LogP contribution < -0.4 is 10.9 Å². The Morgan fingerprint density at radius 3 is 2.93 bits per heavy atom. The van der Waals surface area contributed by atoms with Crippen LogP contribution in [0.15, 0.2) is 46.9 Å². The van der Waals surface area contributed by atoms with Gasteiger partial charge in [0.2, 0.25) is 11.7 Å². The average Bonchev–Trinajstić information content (AvgIpc) is 3.44. The SMILES string of the molecule is C=CCn1c(=O)c2ccccc2n2c(SCC(=O)NC(C)C3CC3)nnc12. The van der Waals surface area contributed by atoms with Crippen molar-refractivity contribution in [3.63, 3.8) is 0 Å². The summed E-state index contributed by atoms with van der Waals surface area (Å²) in [5.41, 5.74) is 0.607. The summed E-state index contributed by atoms with van der Waals surface area (Å²) >= 11 is 1.32. The summed E-state index contributed by atoms with van der Waals surface area (Å²) in [5.74, 6) is 1.31. The van der Waals surface area contributed by atoms with E-state index in [0.29, 0.717) is 28.8 Å². The first-order valence-electron chi connectivity index (χ1n) is 9.00. The van der Waals surface area contributed by atoms with Crippen LogP contribution in [0.5, 0.6) is 0 Å². The van der Waals surface area contributed by atoms with Gasteiger partial charge in [0.1, 0.15) is 0 Å². The number of hydrogen-bond acceptors (Lipinski definition) is 5. The lowest BCUT2D eigenvalue weighted by atomic mass is 10.2. The molecule has 0 spiro atoms. The minimum atomic E-state index is -0.127. The van der Waals surface area contributed by atoms with Crippen LogP contribution in [0.3, 0.4) is 0 Å². The van der Waals surface area contributed by atoms with E-state index in [9.17, 15) is 9.59 Å². The molecule has 1 aromatic carbocycles. The van der Waals surface area contributed by atoms with Gasteiger partial charge in [0.05, 0.1) is 16.7 Å². The number of thioether (sulfide) groups is 1. The summed E-state index contributed by atoms with van der Waals surface area (Å²) in [6.45, 7) is 6.11. The summed E-state index contributed by atoms with van der Waals surface area (Å²) in [5, 5.41) is 12.7. The van der Waals surface area contributed by atoms with Crippen LogP contribution in [-0.2, 0) is 11.3 Å². The van der Waals surface area contributed by atoms with Gasteiger partial charge >= 0.3 is 0 Å². The number of rotatable bonds is 7. The van der Waals surface area contributed by atoms with Crippen molar-refractivity contribution in [3.05, 3.63) is 47.3 Å². The van der Waals surface area contributed by atoms with Gasteiger partial charge in [-0.3, -0.25) is 18.6 Å². The lowest BCUT2D eigenvalue weighted by Crippen LogP contribution is -2.35. The van der Waals surface area contributed by atoms with Crippen LogP contribution in [0.4, 0.5) is 0 Å². The van der Waals surface area contributed by atoms with E-state index in [1.807, 2.05) is 29.5 Å². The van der Waals surface area contributed by atoms with Crippen molar-refractivity contribution < 1.29 is 4.79 Å². The van der Waals surface area contributed by atoms with E-state index in [0.717, 1.165) is 5.52 Å². The number of para-hydroxylation sites is 1. The van der Waals surface area contributed by atoms with Crippen molar-refractivity contribution in [3.8, 4) is 0 Å². The molecule has 0 radical (unpaired) electrons. The fourth-order valence-electron chi connectivity index (χ4n) is 3.26. The number of carbonyl (C=O) groups is 1. The molecule has 1 atom stereocenters. The van der Waals surface area contributed by atoms with Gasteiger partial charge in [0.25, 0.3) is 5.56 Å². The second kappa shape index (κ2) is 7.19. The number of aromatic nitrogens is 4. The highest BCUT2D eigenvalue weighted by Gasteiger charge is 2.29. The number of hydrogen-bond donors (Lipinski definition) is 1. The summed E-state index contributed by atoms with van der Waals surface area (Å²) < 4.78 is 3.38. The Morgan fingerprint density at radius 1 is 1.41 bits per heavy atom. The first kappa shape index (κ1) is 17.8. The molecule has 1 aliphatic carbocycles. The molecule has 27 heavy (non-hydrogen) atoms. The molecule has 0 bridgehead atoms. The molecule has 1 fully saturated rings. The van der Waals surface area contributed by atoms with E-state index in [-0.39, 0.29) is 23.3 Å². The van der Waals surface area contributed by atoms with Gasteiger partial charge in [-0.25, -0.2) is 0 Å². The maximum absolute atomic E-state index is 12.8. The van der Waals surface area contributed by atoms with Gasteiger partial charge < -0.3 is 5.32 Å². The fourth-order valence-corrected chi connectivity index (χ4v) is 4.01. The highest BCUT2D eigenvalue weighted by atomic mass is 32.2. The molecule has 1 aliphatic rings. The maximum Gasteiger partial charge on any atom is 0.263 e. The number of nitrogens with zero attached hydrogens (tertiary/aromatic N) is 4. The zero-order valence-corrected chi connectivity index (χ0v) is 15.9. The van der Waals surface area contributed by atoms with Gasteiger partial charge in [-0.15, -0.1) is 16.8 Å². The van der Waals surface area contributed by atoms with Crippen LogP contribution in [0, 0.1) is 5.92 Å². The number of benzene rings is 1. The van der Waals surface area contributed by atoms with E-state index < -0.39 is 0 Å². The zero-order valence-electron chi connectivity index (χ0n) is 15.1. The molecule has 0 aliphatic heterocycles. The molecule has 1 saturated carbocycles. The molecule has 3 aromatic rings. The van der Waals surface area contributed by atoms with Crippen molar-refractivity contribution in [2.75, 3.05) is 5.75 Å². The Balaban J connectivity index is 1.68. The van der Waals surface area contributed by atoms with E-state index in [1.165, 1.54) is 24.6 Å². The van der Waals surface area contributed by atoms with Crippen molar-refractivity contribution in [2.24, 2.45) is 5.92 Å². The van der Waals surface area contributed by atoms with Crippen molar-refractivity contribution >= 4 is 34.3 Å².